The number of rotatable bonds is 7. The number of aromatic nitrogens is 1. The molecule has 0 aliphatic carbocycles. The van der Waals surface area contributed by atoms with Crippen molar-refractivity contribution in [2.45, 2.75) is 23.8 Å². The first-order valence-electron chi connectivity index (χ1n) is 11.3. The molecule has 4 aromatic rings. The van der Waals surface area contributed by atoms with Crippen LogP contribution in [0.1, 0.15) is 12.0 Å². The Labute approximate surface area is 232 Å². The monoisotopic (exact) mass is 619 g/mol. The highest BCUT2D eigenvalue weighted by molar-refractivity contribution is 9.10. The molecule has 37 heavy (non-hydrogen) atoms. The smallest absolute Gasteiger partial charge is 0.252 e. The molecule has 0 spiro atoms. The van der Waals surface area contributed by atoms with E-state index in [0.717, 1.165) is 30.1 Å². The van der Waals surface area contributed by atoms with Gasteiger partial charge in [0, 0.05) is 33.1 Å². The number of para-hydroxylation sites is 1. The number of halogens is 3. The minimum atomic E-state index is -4.31. The van der Waals surface area contributed by atoms with Crippen LogP contribution in [0.4, 0.5) is 5.69 Å². The molecule has 1 aliphatic heterocycles. The summed E-state index contributed by atoms with van der Waals surface area (Å²) in [5, 5.41) is 1.11. The normalized spacial score (nSPS) is 16.3. The predicted octanol–water partition coefficient (Wildman–Crippen LogP) is 5.80. The van der Waals surface area contributed by atoms with Crippen LogP contribution in [-0.2, 0) is 26.0 Å². The molecule has 0 radical (unpaired) electrons. The van der Waals surface area contributed by atoms with E-state index in [9.17, 15) is 18.0 Å². The number of imide groups is 1. The molecule has 1 aromatic heterocycles. The van der Waals surface area contributed by atoms with Crippen molar-refractivity contribution in [1.29, 1.82) is 0 Å². The van der Waals surface area contributed by atoms with Gasteiger partial charge in [-0.3, -0.25) is 9.59 Å². The first kappa shape index (κ1) is 25.9. The van der Waals surface area contributed by atoms with Gasteiger partial charge in [-0.05, 0) is 60.5 Å². The number of carbonyl (C=O) groups is 2. The van der Waals surface area contributed by atoms with Gasteiger partial charge in [-0.15, -0.1) is 0 Å². The third-order valence-corrected chi connectivity index (χ3v) is 9.47. The lowest BCUT2D eigenvalue weighted by Crippen LogP contribution is -2.46. The Morgan fingerprint density at radius 2 is 1.76 bits per heavy atom. The van der Waals surface area contributed by atoms with E-state index in [1.54, 1.807) is 24.3 Å². The van der Waals surface area contributed by atoms with Gasteiger partial charge in [0.05, 0.1) is 17.1 Å². The summed E-state index contributed by atoms with van der Waals surface area (Å²) in [5.41, 5.74) is 2.17. The third-order valence-electron chi connectivity index (χ3n) is 6.31. The summed E-state index contributed by atoms with van der Waals surface area (Å²) in [7, 11) is -4.31. The van der Waals surface area contributed by atoms with Crippen LogP contribution in [0.2, 0.25) is 10.0 Å². The summed E-state index contributed by atoms with van der Waals surface area (Å²) in [6, 6.07) is 17.2. The zero-order valence-electron chi connectivity index (χ0n) is 19.2. The van der Waals surface area contributed by atoms with Gasteiger partial charge in [-0.1, -0.05) is 57.3 Å². The maximum Gasteiger partial charge on any atom is 0.252 e. The molecule has 0 bridgehead atoms. The van der Waals surface area contributed by atoms with Gasteiger partial charge in [-0.2, -0.15) is 4.31 Å². The van der Waals surface area contributed by atoms with Crippen LogP contribution in [0.5, 0.6) is 0 Å². The minimum Gasteiger partial charge on any atom is -0.361 e. The van der Waals surface area contributed by atoms with E-state index < -0.39 is 27.9 Å². The number of sulfonamides is 1. The summed E-state index contributed by atoms with van der Waals surface area (Å²) >= 11 is 15.7. The predicted molar refractivity (Wildman–Crippen MR) is 147 cm³/mol. The van der Waals surface area contributed by atoms with Crippen LogP contribution in [-0.4, -0.2) is 42.1 Å². The van der Waals surface area contributed by atoms with Gasteiger partial charge in [-0.25, -0.2) is 13.3 Å². The lowest BCUT2D eigenvalue weighted by molar-refractivity contribution is -0.122. The van der Waals surface area contributed by atoms with Gasteiger partial charge in [0.1, 0.15) is 10.9 Å². The number of nitrogens with one attached hydrogen (secondary N) is 1. The summed E-state index contributed by atoms with van der Waals surface area (Å²) in [4.78, 5) is 30.6. The molecule has 1 unspecified atom stereocenters. The molecule has 1 saturated heterocycles. The van der Waals surface area contributed by atoms with Gasteiger partial charge in [0.2, 0.25) is 15.9 Å². The fourth-order valence-electron chi connectivity index (χ4n) is 4.52. The van der Waals surface area contributed by atoms with Crippen LogP contribution in [0, 0.1) is 0 Å². The Bertz CT molecular complexity index is 1620. The number of benzene rings is 3. The van der Waals surface area contributed by atoms with E-state index in [1.165, 1.54) is 18.2 Å². The lowest BCUT2D eigenvalue weighted by atomic mass is 10.1. The number of H-pyrrole nitrogens is 1. The first-order chi connectivity index (χ1) is 17.7. The summed E-state index contributed by atoms with van der Waals surface area (Å²) in [6.07, 6.45) is 1.83. The molecule has 190 valence electrons. The fourth-order valence-corrected chi connectivity index (χ4v) is 7.10. The third kappa shape index (κ3) is 4.94. The molecule has 2 heterocycles. The zero-order valence-corrected chi connectivity index (χ0v) is 23.1. The van der Waals surface area contributed by atoms with E-state index in [1.807, 2.05) is 30.5 Å². The largest absolute Gasteiger partial charge is 0.361 e. The molecule has 5 rings (SSSR count). The first-order valence-corrected chi connectivity index (χ1v) is 14.3. The van der Waals surface area contributed by atoms with Crippen LogP contribution < -0.4 is 4.90 Å². The number of fused-ring (bicyclic) bond motifs is 1. The molecular weight excluding hydrogens is 601 g/mol. The maximum absolute atomic E-state index is 13.9. The molecule has 1 atom stereocenters. The summed E-state index contributed by atoms with van der Waals surface area (Å²) in [6.45, 7) is -0.0507. The zero-order chi connectivity index (χ0) is 26.3. The molecule has 1 fully saturated rings. The maximum atomic E-state index is 13.9. The fraction of sp³-hybridized carbons (Fsp3) is 0.154. The number of carbonyl (C=O) groups excluding carboxylic acids is 2. The van der Waals surface area contributed by atoms with Gasteiger partial charge >= 0.3 is 0 Å². The second kappa shape index (κ2) is 10.2. The second-order valence-electron chi connectivity index (χ2n) is 8.56. The van der Waals surface area contributed by atoms with Crippen molar-refractivity contribution < 1.29 is 18.0 Å². The average molecular weight is 621 g/mol. The Morgan fingerprint density at radius 1 is 1.03 bits per heavy atom. The van der Waals surface area contributed by atoms with E-state index in [0.29, 0.717) is 12.1 Å². The van der Waals surface area contributed by atoms with Crippen molar-refractivity contribution in [3.63, 3.8) is 0 Å². The molecule has 11 heteroatoms. The van der Waals surface area contributed by atoms with Crippen molar-refractivity contribution in [1.82, 2.24) is 9.29 Å². The lowest BCUT2D eigenvalue weighted by Gasteiger charge is -2.27. The van der Waals surface area contributed by atoms with E-state index in [4.69, 9.17) is 23.2 Å². The molecule has 7 nitrogen and oxygen atoms in total. The molecule has 3 aromatic carbocycles. The Hall–Kier alpha value is -2.69. The van der Waals surface area contributed by atoms with Crippen LogP contribution >= 0.6 is 39.1 Å². The number of amides is 2. The average Bonchev–Trinajstić information content (AvgIpc) is 3.41. The van der Waals surface area contributed by atoms with Gasteiger partial charge in [0.15, 0.2) is 0 Å². The van der Waals surface area contributed by atoms with Crippen LogP contribution in [0.3, 0.4) is 0 Å². The summed E-state index contributed by atoms with van der Waals surface area (Å²) < 4.78 is 29.7. The number of nitrogens with zero attached hydrogens (tertiary/aromatic N) is 2. The van der Waals surface area contributed by atoms with Crippen LogP contribution in [0.15, 0.2) is 82.3 Å². The molecule has 1 N–H and O–H groups in total. The molecule has 2 amide bonds. The number of anilines is 1. The Kier molecular flexibility index (Phi) is 7.17. The second-order valence-corrected chi connectivity index (χ2v) is 12.2. The number of aromatic amines is 1. The number of hydrogen-bond donors (Lipinski definition) is 1. The molecule has 0 saturated carbocycles. The van der Waals surface area contributed by atoms with E-state index >= 15 is 0 Å². The standard InChI is InChI=1S/C26H20BrCl2N3O4S/c27-17-5-8-19(9-6-17)32-25(33)14-23(26(32)34)31(37(35,36)24-13-18(28)7-10-21(24)29)12-11-16-15-30-22-4-2-1-3-20(16)22/h1-10,13,15,23,30H,11-12,14H2. The SMILES string of the molecule is O=C1CC(N(CCc2c[nH]c3ccccc23)S(=O)(=O)c2cc(Cl)ccc2Cl)C(=O)N1c1ccc(Br)cc1. The van der Waals surface area contributed by atoms with Crippen molar-refractivity contribution in [3.05, 3.63) is 93.0 Å². The summed E-state index contributed by atoms with van der Waals surface area (Å²) in [5.74, 6) is -1.10. The number of hydrogen-bond acceptors (Lipinski definition) is 4. The topological polar surface area (TPSA) is 90.5 Å². The van der Waals surface area contributed by atoms with Crippen molar-refractivity contribution in [3.8, 4) is 0 Å². The Morgan fingerprint density at radius 3 is 2.51 bits per heavy atom. The van der Waals surface area contributed by atoms with Gasteiger partial charge in [0.25, 0.3) is 5.91 Å². The molecule has 1 aliphatic rings. The molecular formula is C26H20BrCl2N3O4S. The highest BCUT2D eigenvalue weighted by atomic mass is 79.9. The highest BCUT2D eigenvalue weighted by Crippen LogP contribution is 2.34. The highest BCUT2D eigenvalue weighted by Gasteiger charge is 2.47. The van der Waals surface area contributed by atoms with E-state index in [-0.39, 0.29) is 27.9 Å². The van der Waals surface area contributed by atoms with Crippen molar-refractivity contribution in [2.24, 2.45) is 0 Å². The van der Waals surface area contributed by atoms with E-state index in [2.05, 4.69) is 20.9 Å². The Balaban J connectivity index is 1.54. The van der Waals surface area contributed by atoms with Crippen LogP contribution in [0.25, 0.3) is 10.9 Å². The van der Waals surface area contributed by atoms with Crippen molar-refractivity contribution >= 4 is 77.6 Å². The minimum absolute atomic E-state index is 0.0250. The van der Waals surface area contributed by atoms with Gasteiger partial charge < -0.3 is 4.98 Å². The van der Waals surface area contributed by atoms with Crippen molar-refractivity contribution in [2.75, 3.05) is 11.4 Å². The quantitative estimate of drug-likeness (QED) is 0.264.